The van der Waals surface area contributed by atoms with Crippen molar-refractivity contribution in [3.63, 3.8) is 0 Å². The van der Waals surface area contributed by atoms with Crippen molar-refractivity contribution in [1.29, 1.82) is 0 Å². The van der Waals surface area contributed by atoms with E-state index in [9.17, 15) is 18.0 Å². The van der Waals surface area contributed by atoms with Crippen molar-refractivity contribution >= 4 is 39.1 Å². The lowest BCUT2D eigenvalue weighted by atomic mass is 9.94. The largest absolute Gasteiger partial charge is 0.457 e. The Balaban J connectivity index is 1.38. The quantitative estimate of drug-likeness (QED) is 0.124. The Kier molecular flexibility index (Phi) is 12.3. The van der Waals surface area contributed by atoms with E-state index in [1.165, 1.54) is 17.0 Å². The van der Waals surface area contributed by atoms with Crippen LogP contribution in [0.1, 0.15) is 43.2 Å². The van der Waals surface area contributed by atoms with Gasteiger partial charge in [-0.1, -0.05) is 116 Å². The van der Waals surface area contributed by atoms with Gasteiger partial charge >= 0.3 is 0 Å². The van der Waals surface area contributed by atoms with Gasteiger partial charge in [-0.15, -0.1) is 0 Å². The Bertz CT molecular complexity index is 2030. The Morgan fingerprint density at radius 1 is 0.731 bits per heavy atom. The third kappa shape index (κ3) is 9.40. The molecule has 5 aromatic carbocycles. The van der Waals surface area contributed by atoms with Gasteiger partial charge in [-0.05, 0) is 78.6 Å². The summed E-state index contributed by atoms with van der Waals surface area (Å²) in [5, 5.41) is 3.67. The summed E-state index contributed by atoms with van der Waals surface area (Å²) in [6, 6.07) is 39.6. The van der Waals surface area contributed by atoms with E-state index in [0.717, 1.165) is 42.0 Å². The van der Waals surface area contributed by atoms with E-state index in [1.807, 2.05) is 72.8 Å². The molecule has 0 heterocycles. The summed E-state index contributed by atoms with van der Waals surface area (Å²) in [6.07, 6.45) is 5.15. The number of anilines is 1. The summed E-state index contributed by atoms with van der Waals surface area (Å²) in [6.45, 7) is -0.570. The average molecular weight is 736 g/mol. The van der Waals surface area contributed by atoms with E-state index in [-0.39, 0.29) is 35.5 Å². The van der Waals surface area contributed by atoms with E-state index in [4.69, 9.17) is 16.3 Å². The second kappa shape index (κ2) is 17.4. The van der Waals surface area contributed by atoms with Crippen LogP contribution in [0.4, 0.5) is 5.69 Å². The predicted molar refractivity (Wildman–Crippen MR) is 205 cm³/mol. The van der Waals surface area contributed by atoms with Crippen molar-refractivity contribution in [1.82, 2.24) is 10.2 Å². The van der Waals surface area contributed by atoms with Gasteiger partial charge in [-0.2, -0.15) is 0 Å². The molecule has 0 aromatic heterocycles. The molecule has 0 bridgehead atoms. The van der Waals surface area contributed by atoms with Crippen LogP contribution in [0.5, 0.6) is 11.5 Å². The van der Waals surface area contributed by atoms with Crippen molar-refractivity contribution in [3.8, 4) is 11.5 Å². The van der Waals surface area contributed by atoms with Gasteiger partial charge in [0.15, 0.2) is 0 Å². The highest BCUT2D eigenvalue weighted by Gasteiger charge is 2.35. The number of para-hydroxylation sites is 1. The predicted octanol–water partition coefficient (Wildman–Crippen LogP) is 8.42. The maximum atomic E-state index is 14.8. The maximum absolute atomic E-state index is 14.8. The molecule has 52 heavy (non-hydrogen) atoms. The van der Waals surface area contributed by atoms with Crippen LogP contribution in [0.3, 0.4) is 0 Å². The number of benzene rings is 5. The molecular weight excluding hydrogens is 694 g/mol. The molecule has 0 spiro atoms. The van der Waals surface area contributed by atoms with Crippen LogP contribution in [-0.4, -0.2) is 43.8 Å². The molecule has 268 valence electrons. The topological polar surface area (TPSA) is 96.0 Å². The van der Waals surface area contributed by atoms with Crippen molar-refractivity contribution in [3.05, 3.63) is 156 Å². The normalized spacial score (nSPS) is 13.9. The fourth-order valence-electron chi connectivity index (χ4n) is 6.46. The number of carbonyl (C=O) groups excluding carboxylic acids is 2. The summed E-state index contributed by atoms with van der Waals surface area (Å²) in [5.41, 5.74) is 1.77. The lowest BCUT2D eigenvalue weighted by molar-refractivity contribution is -0.140. The number of sulfonamides is 1. The summed E-state index contributed by atoms with van der Waals surface area (Å²) < 4.78 is 35.8. The minimum absolute atomic E-state index is 0.00281. The molecule has 0 aliphatic heterocycles. The van der Waals surface area contributed by atoms with Gasteiger partial charge in [0.25, 0.3) is 10.0 Å². The second-order valence-electron chi connectivity index (χ2n) is 12.9. The first kappa shape index (κ1) is 36.7. The van der Waals surface area contributed by atoms with Gasteiger partial charge < -0.3 is 15.0 Å². The Hall–Kier alpha value is -5.12. The van der Waals surface area contributed by atoms with Crippen LogP contribution in [-0.2, 0) is 32.6 Å². The van der Waals surface area contributed by atoms with Crippen LogP contribution in [0.15, 0.2) is 144 Å². The first-order valence-corrected chi connectivity index (χ1v) is 19.4. The average Bonchev–Trinajstić information content (AvgIpc) is 3.17. The summed E-state index contributed by atoms with van der Waals surface area (Å²) in [5.74, 6) is 0.297. The number of carbonyl (C=O) groups is 2. The number of nitrogens with zero attached hydrogens (tertiary/aromatic N) is 2. The Morgan fingerprint density at radius 2 is 1.31 bits per heavy atom. The molecule has 1 atom stereocenters. The zero-order valence-corrected chi connectivity index (χ0v) is 30.4. The fourth-order valence-corrected chi connectivity index (χ4v) is 8.09. The van der Waals surface area contributed by atoms with E-state index >= 15 is 0 Å². The number of hydrogen-bond donors (Lipinski definition) is 1. The van der Waals surface area contributed by atoms with Crippen LogP contribution in [0, 0.1) is 0 Å². The van der Waals surface area contributed by atoms with Crippen LogP contribution in [0.2, 0.25) is 5.02 Å². The number of nitrogens with one attached hydrogen (secondary N) is 1. The third-order valence-electron chi connectivity index (χ3n) is 9.23. The molecule has 6 rings (SSSR count). The molecule has 0 radical (unpaired) electrons. The van der Waals surface area contributed by atoms with Crippen molar-refractivity contribution in [2.75, 3.05) is 10.8 Å². The zero-order chi connectivity index (χ0) is 36.3. The summed E-state index contributed by atoms with van der Waals surface area (Å²) >= 11 is 6.64. The number of halogens is 1. The Morgan fingerprint density at radius 3 is 1.96 bits per heavy atom. The smallest absolute Gasteiger partial charge is 0.264 e. The maximum Gasteiger partial charge on any atom is 0.264 e. The number of hydrogen-bond acceptors (Lipinski definition) is 5. The van der Waals surface area contributed by atoms with Crippen LogP contribution >= 0.6 is 11.6 Å². The first-order chi connectivity index (χ1) is 25.3. The lowest BCUT2D eigenvalue weighted by Crippen LogP contribution is -2.55. The second-order valence-corrected chi connectivity index (χ2v) is 15.2. The summed E-state index contributed by atoms with van der Waals surface area (Å²) in [7, 11) is -4.24. The molecule has 0 unspecified atom stereocenters. The van der Waals surface area contributed by atoms with Gasteiger partial charge in [0, 0.05) is 24.0 Å². The number of rotatable bonds is 14. The molecule has 8 nitrogen and oxygen atoms in total. The first-order valence-electron chi connectivity index (χ1n) is 17.6. The highest BCUT2D eigenvalue weighted by molar-refractivity contribution is 7.92. The number of ether oxygens (including phenoxy) is 1. The Labute approximate surface area is 311 Å². The fraction of sp³-hybridized carbons (Fsp3) is 0.238. The van der Waals surface area contributed by atoms with Crippen LogP contribution < -0.4 is 14.4 Å². The minimum Gasteiger partial charge on any atom is -0.457 e. The molecule has 0 saturated heterocycles. The van der Waals surface area contributed by atoms with E-state index < -0.39 is 28.5 Å². The zero-order valence-electron chi connectivity index (χ0n) is 28.8. The molecule has 10 heteroatoms. The van der Waals surface area contributed by atoms with E-state index in [0.29, 0.717) is 22.1 Å². The summed E-state index contributed by atoms with van der Waals surface area (Å²) in [4.78, 5) is 30.7. The lowest BCUT2D eigenvalue weighted by Gasteiger charge is -2.35. The molecular formula is C42H42ClN3O5S. The molecule has 5 aromatic rings. The molecule has 1 N–H and O–H groups in total. The van der Waals surface area contributed by atoms with Crippen molar-refractivity contribution in [2.45, 2.75) is 62.0 Å². The molecule has 1 fully saturated rings. The van der Waals surface area contributed by atoms with Crippen LogP contribution in [0.25, 0.3) is 0 Å². The molecule has 2 amide bonds. The van der Waals surface area contributed by atoms with Gasteiger partial charge in [-0.3, -0.25) is 13.9 Å². The van der Waals surface area contributed by atoms with Gasteiger partial charge in [-0.25, -0.2) is 8.42 Å². The molecule has 1 aliphatic carbocycles. The van der Waals surface area contributed by atoms with Crippen molar-refractivity contribution in [2.24, 2.45) is 0 Å². The van der Waals surface area contributed by atoms with E-state index in [1.54, 1.807) is 54.6 Å². The highest BCUT2D eigenvalue weighted by Crippen LogP contribution is 2.29. The van der Waals surface area contributed by atoms with Gasteiger partial charge in [0.1, 0.15) is 24.1 Å². The van der Waals surface area contributed by atoms with Crippen molar-refractivity contribution < 1.29 is 22.7 Å². The monoisotopic (exact) mass is 735 g/mol. The molecule has 1 saturated carbocycles. The third-order valence-corrected chi connectivity index (χ3v) is 11.4. The van der Waals surface area contributed by atoms with Gasteiger partial charge in [0.05, 0.1) is 10.6 Å². The number of amides is 2. The highest BCUT2D eigenvalue weighted by atomic mass is 35.5. The SMILES string of the molecule is O=C(NC1CCCCC1)[C@@H](Cc1ccccc1)N(Cc1ccccc1Cl)C(=O)CN(c1ccc(Oc2ccccc2)cc1)S(=O)(=O)c1ccccc1. The standard InChI is InChI=1S/C42H42ClN3O5S/c43-39-24-14-13-17-33(39)30-45(40(29-32-15-5-1-6-16-32)42(48)44-34-18-7-2-8-19-34)41(47)31-46(52(49,50)38-22-11-4-12-23-38)35-25-27-37(28-26-35)51-36-20-9-3-10-21-36/h1,3-6,9-17,20-28,34,40H,2,7-8,18-19,29-31H2,(H,44,48)/t40-/m1/s1. The molecule has 1 aliphatic rings. The van der Waals surface area contributed by atoms with Gasteiger partial charge in [0.2, 0.25) is 11.8 Å². The van der Waals surface area contributed by atoms with E-state index in [2.05, 4.69) is 5.32 Å². The minimum atomic E-state index is -4.24.